The Kier molecular flexibility index (Phi) is 4.62. The highest BCUT2D eigenvalue weighted by molar-refractivity contribution is 5.94. The van der Waals surface area contributed by atoms with Crippen molar-refractivity contribution >= 4 is 11.7 Å². The van der Waals surface area contributed by atoms with Crippen LogP contribution in [0.2, 0.25) is 0 Å². The van der Waals surface area contributed by atoms with Gasteiger partial charge in [-0.05, 0) is 36.9 Å². The first-order valence-electron chi connectivity index (χ1n) is 8.75. The maximum absolute atomic E-state index is 12.7. The Hall–Kier alpha value is -2.80. The van der Waals surface area contributed by atoms with Gasteiger partial charge in [-0.1, -0.05) is 6.07 Å². The summed E-state index contributed by atoms with van der Waals surface area (Å²) in [7, 11) is 2.08. The number of nitrogens with zero attached hydrogens (tertiary/aromatic N) is 3. The van der Waals surface area contributed by atoms with E-state index in [4.69, 9.17) is 9.47 Å². The van der Waals surface area contributed by atoms with E-state index in [-0.39, 0.29) is 12.7 Å². The molecule has 136 valence electrons. The summed E-state index contributed by atoms with van der Waals surface area (Å²) >= 11 is 0. The Morgan fingerprint density at radius 2 is 1.92 bits per heavy atom. The number of pyridine rings is 1. The van der Waals surface area contributed by atoms with Gasteiger partial charge in [0.2, 0.25) is 6.79 Å². The van der Waals surface area contributed by atoms with Crippen LogP contribution in [0.4, 0.5) is 5.82 Å². The van der Waals surface area contributed by atoms with Crippen LogP contribution in [0.5, 0.6) is 11.5 Å². The third-order valence-electron chi connectivity index (χ3n) is 4.71. The van der Waals surface area contributed by atoms with Crippen LogP contribution in [0.15, 0.2) is 36.5 Å². The van der Waals surface area contributed by atoms with Crippen molar-refractivity contribution in [3.05, 3.63) is 47.7 Å². The van der Waals surface area contributed by atoms with Gasteiger partial charge in [-0.25, -0.2) is 4.98 Å². The minimum atomic E-state index is 0.0617. The Morgan fingerprint density at radius 1 is 1.12 bits per heavy atom. The molecule has 3 heterocycles. The first-order valence-corrected chi connectivity index (χ1v) is 8.75. The molecule has 4 rings (SSSR count). The Labute approximate surface area is 152 Å². The summed E-state index contributed by atoms with van der Waals surface area (Å²) in [6.07, 6.45) is 1.67. The monoisotopic (exact) mass is 354 g/mol. The number of carbonyl (C=O) groups excluding carboxylic acids is 1. The van der Waals surface area contributed by atoms with Crippen molar-refractivity contribution in [2.75, 3.05) is 45.3 Å². The largest absolute Gasteiger partial charge is 0.454 e. The lowest BCUT2D eigenvalue weighted by Crippen LogP contribution is -2.47. The highest BCUT2D eigenvalue weighted by Crippen LogP contribution is 2.32. The molecule has 1 saturated heterocycles. The molecule has 2 aliphatic heterocycles. The molecule has 0 spiro atoms. The fourth-order valence-electron chi connectivity index (χ4n) is 3.10. The van der Waals surface area contributed by atoms with Gasteiger partial charge in [-0.2, -0.15) is 0 Å². The molecular formula is C19H22N4O3. The van der Waals surface area contributed by atoms with Gasteiger partial charge in [0.1, 0.15) is 5.82 Å². The van der Waals surface area contributed by atoms with Gasteiger partial charge in [0, 0.05) is 44.5 Å². The van der Waals surface area contributed by atoms with Crippen molar-refractivity contribution < 1.29 is 14.3 Å². The molecule has 1 aromatic heterocycles. The molecule has 0 unspecified atom stereocenters. The second-order valence-corrected chi connectivity index (χ2v) is 6.57. The fraction of sp³-hybridized carbons (Fsp3) is 0.368. The second kappa shape index (κ2) is 7.21. The van der Waals surface area contributed by atoms with E-state index in [2.05, 4.69) is 22.2 Å². The lowest BCUT2D eigenvalue weighted by molar-refractivity contribution is 0.0664. The number of carbonyl (C=O) groups is 1. The Morgan fingerprint density at radius 3 is 2.77 bits per heavy atom. The summed E-state index contributed by atoms with van der Waals surface area (Å²) in [5.41, 5.74) is 1.73. The summed E-state index contributed by atoms with van der Waals surface area (Å²) in [5.74, 6) is 2.28. The molecular weight excluding hydrogens is 332 g/mol. The van der Waals surface area contributed by atoms with Crippen LogP contribution in [0.25, 0.3) is 0 Å². The molecule has 2 aliphatic rings. The van der Waals surface area contributed by atoms with Gasteiger partial charge < -0.3 is 24.6 Å². The number of anilines is 1. The lowest BCUT2D eigenvalue weighted by atomic mass is 10.2. The molecule has 1 amide bonds. The van der Waals surface area contributed by atoms with E-state index in [1.54, 1.807) is 12.3 Å². The molecule has 0 aliphatic carbocycles. The smallest absolute Gasteiger partial charge is 0.254 e. The number of likely N-dealkylation sites (N-methyl/N-ethyl adjacent to an activating group) is 1. The van der Waals surface area contributed by atoms with Crippen LogP contribution in [0, 0.1) is 0 Å². The van der Waals surface area contributed by atoms with Crippen LogP contribution >= 0.6 is 0 Å². The first-order chi connectivity index (χ1) is 12.7. The number of rotatable bonds is 4. The SMILES string of the molecule is CN1CCN(C(=O)c2ccnc(NCc3ccc4c(c3)OCO4)c2)CC1. The minimum absolute atomic E-state index is 0.0617. The van der Waals surface area contributed by atoms with Crippen LogP contribution < -0.4 is 14.8 Å². The van der Waals surface area contributed by atoms with E-state index in [9.17, 15) is 4.79 Å². The molecule has 1 fully saturated rings. The lowest BCUT2D eigenvalue weighted by Gasteiger charge is -2.32. The Bertz CT molecular complexity index is 803. The molecule has 0 bridgehead atoms. The van der Waals surface area contributed by atoms with Crippen LogP contribution in [0.3, 0.4) is 0 Å². The molecule has 0 atom stereocenters. The zero-order valence-corrected chi connectivity index (χ0v) is 14.8. The van der Waals surface area contributed by atoms with Crippen LogP contribution in [0.1, 0.15) is 15.9 Å². The number of ether oxygens (including phenoxy) is 2. The maximum Gasteiger partial charge on any atom is 0.254 e. The third kappa shape index (κ3) is 3.57. The number of hydrogen-bond acceptors (Lipinski definition) is 6. The highest BCUT2D eigenvalue weighted by Gasteiger charge is 2.20. The van der Waals surface area contributed by atoms with Crippen molar-refractivity contribution in [3.8, 4) is 11.5 Å². The fourth-order valence-corrected chi connectivity index (χ4v) is 3.10. The van der Waals surface area contributed by atoms with Crippen molar-refractivity contribution in [1.29, 1.82) is 0 Å². The number of amides is 1. The van der Waals surface area contributed by atoms with Crippen molar-refractivity contribution in [2.24, 2.45) is 0 Å². The average molecular weight is 354 g/mol. The first kappa shape index (κ1) is 16.7. The minimum Gasteiger partial charge on any atom is -0.454 e. The zero-order chi connectivity index (χ0) is 17.9. The topological polar surface area (TPSA) is 66.9 Å². The highest BCUT2D eigenvalue weighted by atomic mass is 16.7. The van der Waals surface area contributed by atoms with E-state index < -0.39 is 0 Å². The number of benzene rings is 1. The van der Waals surface area contributed by atoms with Gasteiger partial charge in [-0.15, -0.1) is 0 Å². The van der Waals surface area contributed by atoms with Crippen molar-refractivity contribution in [2.45, 2.75) is 6.54 Å². The molecule has 1 aromatic carbocycles. The number of nitrogens with one attached hydrogen (secondary N) is 1. The van der Waals surface area contributed by atoms with Gasteiger partial charge in [-0.3, -0.25) is 4.79 Å². The Balaban J connectivity index is 1.40. The van der Waals surface area contributed by atoms with E-state index in [1.165, 1.54) is 0 Å². The normalized spacial score (nSPS) is 16.6. The molecule has 0 saturated carbocycles. The van der Waals surface area contributed by atoms with E-state index in [0.29, 0.717) is 17.9 Å². The summed E-state index contributed by atoms with van der Waals surface area (Å²) in [6.45, 7) is 4.20. The predicted octanol–water partition coefficient (Wildman–Crippen LogP) is 1.81. The van der Waals surface area contributed by atoms with Crippen LogP contribution in [-0.2, 0) is 6.54 Å². The standard InChI is InChI=1S/C19H22N4O3/c1-22-6-8-23(9-7-22)19(24)15-4-5-20-18(11-15)21-12-14-2-3-16-17(10-14)26-13-25-16/h2-5,10-11H,6-9,12-13H2,1H3,(H,20,21). The average Bonchev–Trinajstić information content (AvgIpc) is 3.14. The van der Waals surface area contributed by atoms with Crippen LogP contribution in [-0.4, -0.2) is 60.7 Å². The molecule has 1 N–H and O–H groups in total. The predicted molar refractivity (Wildman–Crippen MR) is 97.5 cm³/mol. The molecule has 7 nitrogen and oxygen atoms in total. The number of fused-ring (bicyclic) bond motifs is 1. The van der Waals surface area contributed by atoms with E-state index in [1.807, 2.05) is 29.2 Å². The molecule has 7 heteroatoms. The second-order valence-electron chi connectivity index (χ2n) is 6.57. The molecule has 26 heavy (non-hydrogen) atoms. The number of piperazine rings is 1. The van der Waals surface area contributed by atoms with Gasteiger partial charge in [0.05, 0.1) is 0 Å². The van der Waals surface area contributed by atoms with Crippen molar-refractivity contribution in [3.63, 3.8) is 0 Å². The summed E-state index contributed by atoms with van der Waals surface area (Å²) < 4.78 is 10.7. The number of aromatic nitrogens is 1. The van der Waals surface area contributed by atoms with Crippen molar-refractivity contribution in [1.82, 2.24) is 14.8 Å². The zero-order valence-electron chi connectivity index (χ0n) is 14.8. The van der Waals surface area contributed by atoms with E-state index in [0.717, 1.165) is 43.2 Å². The summed E-state index contributed by atoms with van der Waals surface area (Å²) in [5, 5.41) is 3.27. The quantitative estimate of drug-likeness (QED) is 0.903. The molecule has 2 aromatic rings. The number of hydrogen-bond donors (Lipinski definition) is 1. The summed E-state index contributed by atoms with van der Waals surface area (Å²) in [6, 6.07) is 9.43. The van der Waals surface area contributed by atoms with Gasteiger partial charge in [0.15, 0.2) is 11.5 Å². The van der Waals surface area contributed by atoms with Gasteiger partial charge in [0.25, 0.3) is 5.91 Å². The van der Waals surface area contributed by atoms with E-state index >= 15 is 0 Å². The van der Waals surface area contributed by atoms with Gasteiger partial charge >= 0.3 is 0 Å². The summed E-state index contributed by atoms with van der Waals surface area (Å²) in [4.78, 5) is 21.1. The molecule has 0 radical (unpaired) electrons. The maximum atomic E-state index is 12.7. The third-order valence-corrected chi connectivity index (χ3v) is 4.71.